The van der Waals surface area contributed by atoms with Gasteiger partial charge in [0.2, 0.25) is 23.0 Å². The molecule has 0 radical (unpaired) electrons. The Hall–Kier alpha value is -6.30. The number of halogens is 5. The second-order valence-electron chi connectivity index (χ2n) is 31.3. The van der Waals surface area contributed by atoms with Crippen molar-refractivity contribution < 1.29 is 31.7 Å². The van der Waals surface area contributed by atoms with E-state index in [1.54, 1.807) is 5.48 Å². The summed E-state index contributed by atoms with van der Waals surface area (Å²) in [4.78, 5) is 63.1. The first-order valence-corrected chi connectivity index (χ1v) is 39.4. The summed E-state index contributed by atoms with van der Waals surface area (Å²) in [7, 11) is 13.7. The van der Waals surface area contributed by atoms with E-state index in [2.05, 4.69) is 178 Å². The van der Waals surface area contributed by atoms with Gasteiger partial charge in [0, 0.05) is 159 Å². The summed E-state index contributed by atoms with van der Waals surface area (Å²) in [5.41, 5.74) is 15.0. The van der Waals surface area contributed by atoms with Crippen LogP contribution in [0.5, 0.6) is 0 Å². The molecular formula is C78H99Br5N16O6. The number of ketones is 4. The van der Waals surface area contributed by atoms with E-state index >= 15 is 0 Å². The molecule has 22 nitrogen and oxygen atoms in total. The van der Waals surface area contributed by atoms with Crippen LogP contribution >= 0.6 is 79.6 Å². The number of hydroxylamine groups is 1. The van der Waals surface area contributed by atoms with E-state index < -0.39 is 12.1 Å². The molecule has 17 atom stereocenters. The van der Waals surface area contributed by atoms with E-state index in [0.717, 1.165) is 110 Å². The monoisotopic (exact) mass is 1750 g/mol. The smallest absolute Gasteiger partial charge is 0.282 e. The van der Waals surface area contributed by atoms with E-state index in [-0.39, 0.29) is 97.1 Å². The lowest BCUT2D eigenvalue weighted by Gasteiger charge is -2.47. The van der Waals surface area contributed by atoms with Crippen molar-refractivity contribution in [1.29, 1.82) is 0 Å². The van der Waals surface area contributed by atoms with Crippen LogP contribution in [0.2, 0.25) is 0 Å². The van der Waals surface area contributed by atoms with Gasteiger partial charge in [0.05, 0.1) is 36.4 Å². The minimum Gasteiger partial charge on any atom is -0.361 e. The maximum Gasteiger partial charge on any atom is 0.282 e. The second kappa shape index (κ2) is 31.0. The molecule has 10 aliphatic carbocycles. The lowest BCUT2D eigenvalue weighted by atomic mass is 9.55. The lowest BCUT2D eigenvalue weighted by molar-refractivity contribution is -0.130. The van der Waals surface area contributed by atoms with Crippen LogP contribution in [0.3, 0.4) is 0 Å². The molecule has 0 saturated heterocycles. The highest BCUT2D eigenvalue weighted by Gasteiger charge is 2.59. The first kappa shape index (κ1) is 79.7. The van der Waals surface area contributed by atoms with Gasteiger partial charge in [0.15, 0.2) is 11.6 Å². The Morgan fingerprint density at radius 2 is 0.876 bits per heavy atom. The number of hydrogen-bond acceptors (Lipinski definition) is 13. The molecule has 0 spiro atoms. The third-order valence-corrected chi connectivity index (χ3v) is 29.7. The van der Waals surface area contributed by atoms with Crippen LogP contribution in [-0.2, 0) is 120 Å². The largest absolute Gasteiger partial charge is 0.361 e. The highest BCUT2D eigenvalue weighted by Crippen LogP contribution is 2.58. The number of aromatic nitrogens is 11. The number of carbonyl (C=O) groups is 4. The Morgan fingerprint density at radius 1 is 0.514 bits per heavy atom. The Labute approximate surface area is 663 Å². The van der Waals surface area contributed by atoms with Crippen molar-refractivity contribution in [3.63, 3.8) is 0 Å². The number of rotatable bonds is 0. The van der Waals surface area contributed by atoms with Gasteiger partial charge >= 0.3 is 0 Å². The van der Waals surface area contributed by atoms with Gasteiger partial charge in [-0.2, -0.15) is 25.5 Å². The van der Waals surface area contributed by atoms with Gasteiger partial charge in [-0.3, -0.25) is 33.0 Å². The number of hydrogen-bond donors (Lipinski definition) is 2. The molecule has 562 valence electrons. The summed E-state index contributed by atoms with van der Waals surface area (Å²) >= 11 is 17.9. The molecule has 105 heavy (non-hydrogen) atoms. The van der Waals surface area contributed by atoms with E-state index in [0.29, 0.717) is 36.5 Å². The minimum atomic E-state index is -0.502. The Bertz CT molecular complexity index is 4690. The van der Waals surface area contributed by atoms with Gasteiger partial charge in [-0.05, 0) is 180 Å². The predicted octanol–water partition coefficient (Wildman–Crippen LogP) is 16.1. The van der Waals surface area contributed by atoms with Crippen molar-refractivity contribution in [2.45, 2.75) is 213 Å². The predicted molar refractivity (Wildman–Crippen MR) is 419 cm³/mol. The number of nitrogens with one attached hydrogen (secondary N) is 1. The van der Waals surface area contributed by atoms with E-state index in [9.17, 15) is 19.2 Å². The molecule has 0 aromatic carbocycles. The first-order chi connectivity index (χ1) is 50.5. The topological polar surface area (TPSA) is 233 Å². The third kappa shape index (κ3) is 13.5. The zero-order chi connectivity index (χ0) is 79.4. The van der Waals surface area contributed by atoms with Crippen molar-refractivity contribution >= 4 is 103 Å². The van der Waals surface area contributed by atoms with Crippen molar-refractivity contribution in [2.24, 2.45) is 88.5 Å². The van der Waals surface area contributed by atoms with Gasteiger partial charge in [0.1, 0.15) is 28.8 Å². The van der Waals surface area contributed by atoms with Gasteiger partial charge < -0.3 is 29.0 Å². The lowest BCUT2D eigenvalue weighted by Crippen LogP contribution is -2.52. The molecular weight excluding hydrogens is 1660 g/mol. The molecule has 2 saturated carbocycles. The molecule has 16 rings (SSSR count). The quantitative estimate of drug-likeness (QED) is 0.107. The number of carbonyl (C=O) groups excluding carboxylic acids is 4. The van der Waals surface area contributed by atoms with Crippen molar-refractivity contribution in [1.82, 2.24) is 59.5 Å². The molecule has 2 N–H and O–H groups in total. The summed E-state index contributed by atoms with van der Waals surface area (Å²) in [6.07, 6.45) is 17.9. The fourth-order valence-corrected chi connectivity index (χ4v) is 23.8. The summed E-state index contributed by atoms with van der Waals surface area (Å²) in [6, 6.07) is -0.996. The zero-order valence-corrected chi connectivity index (χ0v) is 71.4. The standard InChI is InChI=1S/2C15H18BrN3O.C15H16BrN3O.C15H18BrN3O.C15H16BrN3O.CH5NO.2CH4/c1-8-11-5-4-10-13(19(3)18-14(10)16)15(11,2)6-9-7-17-20-12(8)9;2*1-8-10-6-5-9-13(19(4)18-14(9)16)15(10,2)7-11(17-3)12(8)20;2*1-8-10-6-5-9-13(18-19(4)14(9)16)15(10,2)7-11(17-3)12(8)20;1-2-3;;/h7-8,11H,4-6H2,1-3H3;8,10-11H,5-7H2,1-2,4H3;7-8,10H,5-6H2,1-2,4H3;8,10-11H,5-7H2,1-2,4H3;7-8,10H,5-6H2,1-2,4H3;2-3H,1H3;2*1H4/t8-,11-,15-;8-,10-,11?,15-;8-,10-,15-;8-,10-,11?,15-;8-,10-,15-;;;/m00000.../s1/i;;;;;;2*1T. The fourth-order valence-electron chi connectivity index (χ4n) is 21.0. The first-order valence-electron chi connectivity index (χ1n) is 37.5. The third-order valence-electron chi connectivity index (χ3n) is 25.8. The Balaban J connectivity index is 0.000000151. The summed E-state index contributed by atoms with van der Waals surface area (Å²) in [5.74, 6) is 3.18. The average Bonchev–Trinajstić information content (AvgIpc) is 1.67. The van der Waals surface area contributed by atoms with Gasteiger partial charge in [0.25, 0.3) is 12.1 Å². The molecule has 0 bridgehead atoms. The van der Waals surface area contributed by atoms with Crippen molar-refractivity contribution in [2.75, 3.05) is 7.05 Å². The van der Waals surface area contributed by atoms with Crippen LogP contribution < -0.4 is 5.48 Å². The molecule has 27 heteroatoms. The molecule has 0 amide bonds. The van der Waals surface area contributed by atoms with Crippen LogP contribution in [-0.4, -0.2) is 102 Å². The number of fused-ring (bicyclic) bond motifs is 16. The number of Topliss-reactive ketones (excluding diaryl/α,β-unsaturated/α-hetero) is 4. The molecule has 6 aromatic heterocycles. The van der Waals surface area contributed by atoms with Crippen molar-refractivity contribution in [3.05, 3.63) is 166 Å². The van der Waals surface area contributed by atoms with Crippen molar-refractivity contribution in [3.8, 4) is 0 Å². The van der Waals surface area contributed by atoms with Crippen LogP contribution in [0.25, 0.3) is 19.4 Å². The van der Waals surface area contributed by atoms with Crippen LogP contribution in [0.4, 0.5) is 0 Å². The SMILES string of the molecule is CNO.C[C@@H]1c2oncc2C[C@]2(C)c3c(c(Br)nn3C)CC[C@@H]12.[3H]C.[3H]C.[C-]#[N+]C1=C[C@]2(C)c3c(c(Br)nn3C)CC[C@H]2[C@H](C)C1=O.[C-]#[N+]C1=C[C@]2(C)c3nn(C)c(Br)c3CC[C@H]2[C@H](C)C1=O.[C-]#[N+]C1C[C@]2(C)c3c(c(Br)nn3C)CC[C@H]2[C@H](C)C1=O.[C-]#[N+]C1C[C@]2(C)c3nn(C)c(Br)c3CC[C@H]2[C@H](C)C1=O. The number of aryl methyl sites for hydroxylation is 5. The molecule has 2 fully saturated rings. The minimum absolute atomic E-state index is 0.00726. The number of allylic oxidation sites excluding steroid dienone is 4. The Kier molecular flexibility index (Phi) is 23.5. The summed E-state index contributed by atoms with van der Waals surface area (Å²) < 4.78 is 31.5. The zero-order valence-electron chi connectivity index (χ0n) is 65.4. The van der Waals surface area contributed by atoms with Crippen LogP contribution in [0.15, 0.2) is 57.3 Å². The highest BCUT2D eigenvalue weighted by molar-refractivity contribution is 9.11. The molecule has 6 heterocycles. The highest BCUT2D eigenvalue weighted by atomic mass is 79.9. The Morgan fingerprint density at radius 3 is 1.33 bits per heavy atom. The summed E-state index contributed by atoms with van der Waals surface area (Å²) in [6.45, 7) is 50.4. The molecule has 2 unspecified atom stereocenters. The molecule has 6 aromatic rings. The summed E-state index contributed by atoms with van der Waals surface area (Å²) in [5, 5.41) is 34.2. The van der Waals surface area contributed by atoms with E-state index in [1.165, 1.54) is 73.0 Å². The van der Waals surface area contributed by atoms with Gasteiger partial charge in [-0.25, -0.2) is 28.3 Å². The van der Waals surface area contributed by atoms with Gasteiger partial charge in [-0.1, -0.05) is 101 Å². The number of nitrogens with zero attached hydrogens (tertiary/aromatic N) is 15. The van der Waals surface area contributed by atoms with Gasteiger partial charge in [-0.15, -0.1) is 0 Å². The van der Waals surface area contributed by atoms with Crippen LogP contribution in [0.1, 0.15) is 205 Å². The maximum absolute atomic E-state index is 12.3. The van der Waals surface area contributed by atoms with E-state index in [1.807, 2.05) is 93.0 Å². The molecule has 10 aliphatic rings. The average molecular weight is 1760 g/mol. The molecule has 0 aliphatic heterocycles. The van der Waals surface area contributed by atoms with E-state index in [4.69, 9.17) is 43.9 Å². The second-order valence-corrected chi connectivity index (χ2v) is 35.1. The van der Waals surface area contributed by atoms with Crippen LogP contribution in [0, 0.1) is 79.5 Å². The normalized spacial score (nSPS) is 32.3. The maximum atomic E-state index is 12.3. The fraction of sp³-hybridized carbons (Fsp3) is 0.615.